The van der Waals surface area contributed by atoms with E-state index in [1.807, 2.05) is 30.3 Å². The van der Waals surface area contributed by atoms with Crippen molar-refractivity contribution in [1.29, 1.82) is 0 Å². The van der Waals surface area contributed by atoms with Gasteiger partial charge in [-0.2, -0.15) is 0 Å². The van der Waals surface area contributed by atoms with E-state index in [0.29, 0.717) is 6.54 Å². The van der Waals surface area contributed by atoms with E-state index in [2.05, 4.69) is 55.3 Å². The average Bonchev–Trinajstić information content (AvgIpc) is 2.55. The van der Waals surface area contributed by atoms with Crippen LogP contribution in [0.25, 0.3) is 10.9 Å². The number of pyridine rings is 1. The zero-order valence-corrected chi connectivity index (χ0v) is 14.5. The second-order valence-electron chi connectivity index (χ2n) is 7.26. The molecule has 0 saturated carbocycles. The summed E-state index contributed by atoms with van der Waals surface area (Å²) in [5, 5.41) is 4.43. The lowest BCUT2D eigenvalue weighted by molar-refractivity contribution is 0.591. The molecule has 0 amide bonds. The molecule has 124 valence electrons. The SMILES string of the molecule is CC(C)(C)c1ccc2[nH]c(=O)c(CNCc3ccccc3)cc2c1. The summed E-state index contributed by atoms with van der Waals surface area (Å²) >= 11 is 0. The Morgan fingerprint density at radius 1 is 0.958 bits per heavy atom. The van der Waals surface area contributed by atoms with Crippen molar-refractivity contribution in [2.24, 2.45) is 0 Å². The van der Waals surface area contributed by atoms with Crippen molar-refractivity contribution in [3.63, 3.8) is 0 Å². The standard InChI is InChI=1S/C21H24N2O/c1-21(2,3)18-9-10-19-16(12-18)11-17(20(24)23-19)14-22-13-15-7-5-4-6-8-15/h4-12,22H,13-14H2,1-3H3,(H,23,24). The Hall–Kier alpha value is -2.39. The summed E-state index contributed by atoms with van der Waals surface area (Å²) in [6.07, 6.45) is 0. The van der Waals surface area contributed by atoms with Gasteiger partial charge >= 0.3 is 0 Å². The van der Waals surface area contributed by atoms with Gasteiger partial charge in [-0.05, 0) is 40.1 Å². The van der Waals surface area contributed by atoms with Gasteiger partial charge in [0.05, 0.1) is 0 Å². The predicted molar refractivity (Wildman–Crippen MR) is 100 cm³/mol. The van der Waals surface area contributed by atoms with Crippen molar-refractivity contribution < 1.29 is 0 Å². The predicted octanol–water partition coefficient (Wildman–Crippen LogP) is 4.12. The summed E-state index contributed by atoms with van der Waals surface area (Å²) in [6, 6.07) is 18.5. The third-order valence-corrected chi connectivity index (χ3v) is 4.27. The molecule has 3 heteroatoms. The molecule has 0 radical (unpaired) electrons. The van der Waals surface area contributed by atoms with Crippen LogP contribution in [0.1, 0.15) is 37.5 Å². The van der Waals surface area contributed by atoms with E-state index < -0.39 is 0 Å². The maximum absolute atomic E-state index is 12.3. The number of hydrogen-bond acceptors (Lipinski definition) is 2. The maximum atomic E-state index is 12.3. The van der Waals surface area contributed by atoms with Crippen LogP contribution >= 0.6 is 0 Å². The second-order valence-corrected chi connectivity index (χ2v) is 7.26. The highest BCUT2D eigenvalue weighted by Gasteiger charge is 2.14. The number of nitrogens with one attached hydrogen (secondary N) is 2. The van der Waals surface area contributed by atoms with Gasteiger partial charge in [-0.1, -0.05) is 57.2 Å². The van der Waals surface area contributed by atoms with Gasteiger partial charge in [0, 0.05) is 24.2 Å². The Bertz CT molecular complexity index is 889. The highest BCUT2D eigenvalue weighted by Crippen LogP contribution is 2.25. The maximum Gasteiger partial charge on any atom is 0.252 e. The number of aromatic amines is 1. The van der Waals surface area contributed by atoms with Crippen LogP contribution in [-0.4, -0.2) is 4.98 Å². The highest BCUT2D eigenvalue weighted by molar-refractivity contribution is 5.80. The number of rotatable bonds is 4. The number of hydrogen-bond donors (Lipinski definition) is 2. The van der Waals surface area contributed by atoms with E-state index in [-0.39, 0.29) is 11.0 Å². The molecule has 0 fully saturated rings. The Kier molecular flexibility index (Phi) is 4.54. The third kappa shape index (κ3) is 3.74. The monoisotopic (exact) mass is 320 g/mol. The van der Waals surface area contributed by atoms with Gasteiger partial charge in [-0.15, -0.1) is 0 Å². The quantitative estimate of drug-likeness (QED) is 0.759. The second kappa shape index (κ2) is 6.62. The third-order valence-electron chi connectivity index (χ3n) is 4.27. The fourth-order valence-electron chi connectivity index (χ4n) is 2.79. The van der Waals surface area contributed by atoms with Crippen LogP contribution in [0.2, 0.25) is 0 Å². The van der Waals surface area contributed by atoms with Crippen molar-refractivity contribution in [3.8, 4) is 0 Å². The minimum Gasteiger partial charge on any atom is -0.322 e. The molecule has 0 bridgehead atoms. The molecule has 24 heavy (non-hydrogen) atoms. The van der Waals surface area contributed by atoms with Crippen molar-refractivity contribution in [2.45, 2.75) is 39.3 Å². The van der Waals surface area contributed by atoms with Crippen LogP contribution in [0.4, 0.5) is 0 Å². The number of fused-ring (bicyclic) bond motifs is 1. The van der Waals surface area contributed by atoms with Crippen LogP contribution in [-0.2, 0) is 18.5 Å². The van der Waals surface area contributed by atoms with Gasteiger partial charge in [0.1, 0.15) is 0 Å². The molecule has 0 aliphatic heterocycles. The molecular weight excluding hydrogens is 296 g/mol. The van der Waals surface area contributed by atoms with Gasteiger partial charge in [0.25, 0.3) is 5.56 Å². The smallest absolute Gasteiger partial charge is 0.252 e. The van der Waals surface area contributed by atoms with Crippen molar-refractivity contribution in [2.75, 3.05) is 0 Å². The molecule has 0 aliphatic carbocycles. The lowest BCUT2D eigenvalue weighted by atomic mass is 9.86. The lowest BCUT2D eigenvalue weighted by Gasteiger charge is -2.19. The summed E-state index contributed by atoms with van der Waals surface area (Å²) < 4.78 is 0. The molecule has 0 saturated heterocycles. The minimum atomic E-state index is -0.0217. The topological polar surface area (TPSA) is 44.9 Å². The molecule has 1 heterocycles. The van der Waals surface area contributed by atoms with Gasteiger partial charge in [-0.25, -0.2) is 0 Å². The van der Waals surface area contributed by atoms with Crippen LogP contribution in [0.3, 0.4) is 0 Å². The number of benzene rings is 2. The normalized spacial score (nSPS) is 11.8. The summed E-state index contributed by atoms with van der Waals surface area (Å²) in [4.78, 5) is 15.3. The Morgan fingerprint density at radius 2 is 1.71 bits per heavy atom. The fourth-order valence-corrected chi connectivity index (χ4v) is 2.79. The zero-order chi connectivity index (χ0) is 17.2. The molecular formula is C21H24N2O. The van der Waals surface area contributed by atoms with Crippen LogP contribution in [0, 0.1) is 0 Å². The van der Waals surface area contributed by atoms with E-state index in [4.69, 9.17) is 0 Å². The van der Waals surface area contributed by atoms with E-state index in [1.165, 1.54) is 11.1 Å². The first-order valence-corrected chi connectivity index (χ1v) is 8.34. The Morgan fingerprint density at radius 3 is 2.42 bits per heavy atom. The Balaban J connectivity index is 1.82. The molecule has 2 aromatic carbocycles. The van der Waals surface area contributed by atoms with E-state index in [9.17, 15) is 4.79 Å². The van der Waals surface area contributed by atoms with Gasteiger partial charge in [0.15, 0.2) is 0 Å². The first-order valence-electron chi connectivity index (χ1n) is 8.34. The molecule has 0 unspecified atom stereocenters. The minimum absolute atomic E-state index is 0.0217. The van der Waals surface area contributed by atoms with E-state index >= 15 is 0 Å². The molecule has 3 aromatic rings. The average molecular weight is 320 g/mol. The largest absolute Gasteiger partial charge is 0.322 e. The summed E-state index contributed by atoms with van der Waals surface area (Å²) in [5.41, 5.74) is 4.21. The number of H-pyrrole nitrogens is 1. The first-order chi connectivity index (χ1) is 11.4. The molecule has 3 nitrogen and oxygen atoms in total. The van der Waals surface area contributed by atoms with Crippen LogP contribution in [0.15, 0.2) is 59.4 Å². The Labute approximate surface area is 142 Å². The van der Waals surface area contributed by atoms with Gasteiger partial charge < -0.3 is 10.3 Å². The highest BCUT2D eigenvalue weighted by atomic mass is 16.1. The first kappa shape index (κ1) is 16.5. The van der Waals surface area contributed by atoms with Crippen molar-refractivity contribution in [3.05, 3.63) is 81.6 Å². The summed E-state index contributed by atoms with van der Waals surface area (Å²) in [7, 11) is 0. The molecule has 2 N–H and O–H groups in total. The van der Waals surface area contributed by atoms with Gasteiger partial charge in [0.2, 0.25) is 0 Å². The fraction of sp³-hybridized carbons (Fsp3) is 0.286. The van der Waals surface area contributed by atoms with Gasteiger partial charge in [-0.3, -0.25) is 4.79 Å². The molecule has 0 atom stereocenters. The zero-order valence-electron chi connectivity index (χ0n) is 14.5. The van der Waals surface area contributed by atoms with Crippen LogP contribution < -0.4 is 10.9 Å². The summed E-state index contributed by atoms with van der Waals surface area (Å²) in [6.45, 7) is 7.90. The van der Waals surface area contributed by atoms with Crippen molar-refractivity contribution >= 4 is 10.9 Å². The molecule has 3 rings (SSSR count). The lowest BCUT2D eigenvalue weighted by Crippen LogP contribution is -2.21. The van der Waals surface area contributed by atoms with Crippen molar-refractivity contribution in [1.82, 2.24) is 10.3 Å². The van der Waals surface area contributed by atoms with Crippen LogP contribution in [0.5, 0.6) is 0 Å². The number of aromatic nitrogens is 1. The molecule has 0 aliphatic rings. The molecule has 0 spiro atoms. The van der Waals surface area contributed by atoms with E-state index in [1.54, 1.807) is 0 Å². The summed E-state index contributed by atoms with van der Waals surface area (Å²) in [5.74, 6) is 0. The molecule has 1 aromatic heterocycles. The van der Waals surface area contributed by atoms with E-state index in [0.717, 1.165) is 23.0 Å².